The van der Waals surface area contributed by atoms with Crippen LogP contribution in [0, 0.1) is 11.6 Å². The van der Waals surface area contributed by atoms with Gasteiger partial charge in [0.15, 0.2) is 17.4 Å². The number of benzene rings is 2. The predicted molar refractivity (Wildman–Crippen MR) is 111 cm³/mol. The minimum absolute atomic E-state index is 0.0872. The number of carbonyl (C=O) groups is 1. The van der Waals surface area contributed by atoms with Gasteiger partial charge in [0, 0.05) is 17.5 Å². The van der Waals surface area contributed by atoms with Crippen molar-refractivity contribution in [3.63, 3.8) is 0 Å². The summed E-state index contributed by atoms with van der Waals surface area (Å²) in [6, 6.07) is 8.49. The number of aliphatic hydroxyl groups excluding tert-OH is 1. The Kier molecular flexibility index (Phi) is 7.61. The quantitative estimate of drug-likeness (QED) is 0.248. The number of fused-ring (bicyclic) bond motifs is 1. The predicted octanol–water partition coefficient (Wildman–Crippen LogP) is 2.16. The van der Waals surface area contributed by atoms with Crippen LogP contribution in [-0.4, -0.2) is 44.1 Å². The summed E-state index contributed by atoms with van der Waals surface area (Å²) < 4.78 is 57.1. The van der Waals surface area contributed by atoms with Crippen LogP contribution >= 0.6 is 0 Å². The lowest BCUT2D eigenvalue weighted by Gasteiger charge is -2.09. The van der Waals surface area contributed by atoms with Gasteiger partial charge >= 0.3 is 0 Å². The third kappa shape index (κ3) is 5.81. The summed E-state index contributed by atoms with van der Waals surface area (Å²) in [5.41, 5.74) is 0.705. The van der Waals surface area contributed by atoms with E-state index in [1.807, 2.05) is 0 Å². The van der Waals surface area contributed by atoms with E-state index in [2.05, 4.69) is 9.71 Å². The maximum atomic E-state index is 14.4. The lowest BCUT2D eigenvalue weighted by atomic mass is 9.97. The fourth-order valence-electron chi connectivity index (χ4n) is 3.07. The van der Waals surface area contributed by atoms with Crippen LogP contribution < -0.4 is 9.46 Å². The van der Waals surface area contributed by atoms with Crippen molar-refractivity contribution in [3.8, 4) is 5.75 Å². The number of aliphatic hydroxyl groups is 1. The number of rotatable bonds is 10. The van der Waals surface area contributed by atoms with E-state index in [1.54, 1.807) is 12.1 Å². The maximum absolute atomic E-state index is 14.4. The molecule has 0 fully saturated rings. The minimum Gasteiger partial charge on any atom is -0.490 e. The Hall–Kier alpha value is -2.95. The number of aryl methyl sites for hydroxylation is 1. The number of nitrogens with zero attached hydrogens (tertiary/aromatic N) is 1. The molecule has 0 aliphatic rings. The lowest BCUT2D eigenvalue weighted by molar-refractivity contribution is 0.103. The summed E-state index contributed by atoms with van der Waals surface area (Å²) in [6.07, 6.45) is 2.11. The van der Waals surface area contributed by atoms with Gasteiger partial charge in [-0.1, -0.05) is 0 Å². The molecule has 3 aromatic rings. The molecule has 0 spiro atoms. The van der Waals surface area contributed by atoms with Crippen LogP contribution in [0.3, 0.4) is 0 Å². The number of ketones is 1. The van der Waals surface area contributed by atoms with Crippen molar-refractivity contribution in [2.75, 3.05) is 19.8 Å². The Morgan fingerprint density at radius 2 is 1.97 bits per heavy atom. The van der Waals surface area contributed by atoms with E-state index in [-0.39, 0.29) is 31.7 Å². The van der Waals surface area contributed by atoms with Gasteiger partial charge in [-0.05, 0) is 54.8 Å². The molecule has 0 saturated heterocycles. The van der Waals surface area contributed by atoms with Gasteiger partial charge in [-0.2, -0.15) is 0 Å². The second-order valence-corrected chi connectivity index (χ2v) is 7.52. The molecule has 31 heavy (non-hydrogen) atoms. The smallest absolute Gasteiger partial charge is 0.201 e. The Morgan fingerprint density at radius 3 is 2.71 bits per heavy atom. The largest absolute Gasteiger partial charge is 0.490 e. The summed E-state index contributed by atoms with van der Waals surface area (Å²) in [6.45, 7) is 0.0757. The number of thiol groups is 1. The summed E-state index contributed by atoms with van der Waals surface area (Å²) in [5, 5.41) is 9.43. The third-order valence-corrected chi connectivity index (χ3v) is 4.98. The lowest BCUT2D eigenvalue weighted by Crippen LogP contribution is -2.13. The first-order valence-corrected chi connectivity index (χ1v) is 10.6. The molecule has 0 saturated carbocycles. The van der Waals surface area contributed by atoms with Crippen LogP contribution in [0.15, 0.2) is 42.6 Å². The zero-order valence-electron chi connectivity index (χ0n) is 16.3. The molecule has 0 radical (unpaired) electrons. The van der Waals surface area contributed by atoms with Crippen LogP contribution in [0.25, 0.3) is 10.9 Å². The van der Waals surface area contributed by atoms with E-state index >= 15 is 0 Å². The molecule has 1 aromatic heterocycles. The molecule has 164 valence electrons. The molecule has 1 heterocycles. The zero-order chi connectivity index (χ0) is 22.4. The molecule has 0 aliphatic heterocycles. The normalized spacial score (nSPS) is 11.2. The van der Waals surface area contributed by atoms with Crippen molar-refractivity contribution < 1.29 is 31.8 Å². The molecule has 0 atom stereocenters. The minimum atomic E-state index is -2.72. The maximum Gasteiger partial charge on any atom is 0.201 e. The van der Waals surface area contributed by atoms with Crippen LogP contribution in [0.4, 0.5) is 8.78 Å². The van der Waals surface area contributed by atoms with Crippen molar-refractivity contribution in [3.05, 3.63) is 70.9 Å². The van der Waals surface area contributed by atoms with Crippen LogP contribution in [-0.2, 0) is 17.3 Å². The van der Waals surface area contributed by atoms with E-state index in [9.17, 15) is 22.0 Å². The highest BCUT2D eigenvalue weighted by Gasteiger charge is 2.19. The van der Waals surface area contributed by atoms with Gasteiger partial charge in [-0.3, -0.25) is 9.78 Å². The molecule has 10 heteroatoms. The second kappa shape index (κ2) is 10.4. The van der Waals surface area contributed by atoms with Gasteiger partial charge in [0.2, 0.25) is 10.9 Å². The Morgan fingerprint density at radius 1 is 1.16 bits per heavy atom. The highest BCUT2D eigenvalue weighted by molar-refractivity contribution is 7.70. The van der Waals surface area contributed by atoms with Gasteiger partial charge in [0.05, 0.1) is 23.9 Å². The highest BCUT2D eigenvalue weighted by Crippen LogP contribution is 2.24. The van der Waals surface area contributed by atoms with Crippen molar-refractivity contribution in [2.45, 2.75) is 12.8 Å². The molecular weight excluding hydrogens is 430 g/mol. The average molecular weight is 450 g/mol. The summed E-state index contributed by atoms with van der Waals surface area (Å²) in [7, 11) is -2.72. The van der Waals surface area contributed by atoms with Gasteiger partial charge in [0.1, 0.15) is 12.4 Å². The number of carbonyl (C=O) groups excluding carboxylic acids is 1. The van der Waals surface area contributed by atoms with E-state index in [0.717, 1.165) is 6.07 Å². The zero-order valence-corrected chi connectivity index (χ0v) is 17.2. The number of nitrogens with one attached hydrogen (secondary N) is 1. The molecule has 0 amide bonds. The second-order valence-electron chi connectivity index (χ2n) is 6.69. The summed E-state index contributed by atoms with van der Waals surface area (Å²) in [5.74, 6) is -2.68. The van der Waals surface area contributed by atoms with E-state index in [1.165, 1.54) is 24.4 Å². The standard InChI is InChI=1S/C21H20F2N2O5S/c22-18-9-13(2-1-5-25-31(28)29)8-17(20(18)23)21(27)14-3-4-19-15(10-14)11-16(12-24-19)30-7-6-26/h3-4,8-12,26,31H,1-2,5-7H2,(H,25,28,29). The number of aromatic nitrogens is 1. The van der Waals surface area contributed by atoms with E-state index in [0.29, 0.717) is 28.6 Å². The highest BCUT2D eigenvalue weighted by atomic mass is 32.2. The molecule has 3 rings (SSSR count). The summed E-state index contributed by atoms with van der Waals surface area (Å²) >= 11 is 0. The number of halogens is 2. The monoisotopic (exact) mass is 450 g/mol. The van der Waals surface area contributed by atoms with Crippen molar-refractivity contribution in [1.82, 2.24) is 9.71 Å². The molecule has 7 nitrogen and oxygen atoms in total. The number of hydrogen-bond acceptors (Lipinski definition) is 6. The van der Waals surface area contributed by atoms with Crippen LogP contribution in [0.2, 0.25) is 0 Å². The molecule has 0 aliphatic carbocycles. The van der Waals surface area contributed by atoms with E-state index in [4.69, 9.17) is 9.84 Å². The van der Waals surface area contributed by atoms with Gasteiger partial charge in [0.25, 0.3) is 0 Å². The first-order chi connectivity index (χ1) is 14.9. The molecule has 2 N–H and O–H groups in total. The van der Waals surface area contributed by atoms with Gasteiger partial charge in [-0.25, -0.2) is 21.9 Å². The fourth-order valence-corrected chi connectivity index (χ4v) is 3.41. The topological polar surface area (TPSA) is 106 Å². The number of ether oxygens (including phenoxy) is 1. The van der Waals surface area contributed by atoms with Gasteiger partial charge < -0.3 is 9.84 Å². The van der Waals surface area contributed by atoms with Crippen LogP contribution in [0.5, 0.6) is 5.75 Å². The molecular formula is C21H20F2N2O5S. The third-order valence-electron chi connectivity index (χ3n) is 4.49. The first-order valence-electron chi connectivity index (χ1n) is 9.43. The van der Waals surface area contributed by atoms with Crippen LogP contribution in [0.1, 0.15) is 27.9 Å². The van der Waals surface area contributed by atoms with Crippen molar-refractivity contribution >= 4 is 27.6 Å². The fraction of sp³-hybridized carbons (Fsp3) is 0.238. The van der Waals surface area contributed by atoms with Gasteiger partial charge in [-0.15, -0.1) is 0 Å². The molecule has 0 bridgehead atoms. The Balaban J connectivity index is 1.87. The first kappa shape index (κ1) is 22.7. The molecule has 2 aromatic carbocycles. The SMILES string of the molecule is O=C(c1ccc2ncc(OCCO)cc2c1)c1cc(CCCN[SH](=O)=O)cc(F)c1F. The van der Waals surface area contributed by atoms with E-state index < -0.39 is 33.9 Å². The van der Waals surface area contributed by atoms with Crippen molar-refractivity contribution in [1.29, 1.82) is 0 Å². The molecule has 0 unspecified atom stereocenters. The average Bonchev–Trinajstić information content (AvgIpc) is 2.76. The Bertz CT molecular complexity index is 1180. The Labute approximate surface area is 178 Å². The summed E-state index contributed by atoms with van der Waals surface area (Å²) in [4.78, 5) is 17.1. The number of hydrogen-bond donors (Lipinski definition) is 3. The van der Waals surface area contributed by atoms with Crippen molar-refractivity contribution in [2.24, 2.45) is 0 Å². The number of pyridine rings is 1.